The molecule has 1 atom stereocenters. The van der Waals surface area contributed by atoms with Crippen molar-refractivity contribution in [3.63, 3.8) is 0 Å². The van der Waals surface area contributed by atoms with E-state index in [2.05, 4.69) is 16.8 Å². The lowest BCUT2D eigenvalue weighted by Crippen LogP contribution is -2.45. The Kier molecular flexibility index (Phi) is 6.99. The molecule has 1 N–H and O–H groups in total. The minimum atomic E-state index is -0.222. The highest BCUT2D eigenvalue weighted by Gasteiger charge is 2.24. The van der Waals surface area contributed by atoms with Gasteiger partial charge in [0.05, 0.1) is 7.11 Å². The topological polar surface area (TPSA) is 24.5 Å². The molecule has 0 aliphatic carbocycles. The molecule has 1 aliphatic rings. The second kappa shape index (κ2) is 8.25. The van der Waals surface area contributed by atoms with Gasteiger partial charge in [0.15, 0.2) is 0 Å². The second-order valence-corrected chi connectivity index (χ2v) is 4.71. The first kappa shape index (κ1) is 17.0. The van der Waals surface area contributed by atoms with Crippen LogP contribution in [0.15, 0.2) is 30.9 Å². The zero-order valence-corrected chi connectivity index (χ0v) is 12.6. The number of nitrogens with one attached hydrogen (secondary N) is 1. The summed E-state index contributed by atoms with van der Waals surface area (Å²) in [6.07, 6.45) is 2.68. The Hall–Kier alpha value is -1.10. The molecule has 0 spiro atoms. The van der Waals surface area contributed by atoms with Gasteiger partial charge in [0.2, 0.25) is 0 Å². The molecule has 0 amide bonds. The van der Waals surface area contributed by atoms with Crippen molar-refractivity contribution >= 4 is 12.4 Å². The van der Waals surface area contributed by atoms with E-state index in [1.54, 1.807) is 19.2 Å². The van der Waals surface area contributed by atoms with Crippen LogP contribution < -0.4 is 10.1 Å². The largest absolute Gasteiger partial charge is 0.496 e. The van der Waals surface area contributed by atoms with Gasteiger partial charge in [0.25, 0.3) is 0 Å². The van der Waals surface area contributed by atoms with Crippen molar-refractivity contribution in [2.45, 2.75) is 12.5 Å². The van der Waals surface area contributed by atoms with E-state index in [1.807, 2.05) is 6.08 Å². The summed E-state index contributed by atoms with van der Waals surface area (Å²) in [6, 6.07) is 4.84. The first-order chi connectivity index (χ1) is 9.26. The molecule has 0 aromatic heterocycles. The van der Waals surface area contributed by atoms with Crippen LogP contribution in [0.1, 0.15) is 18.0 Å². The van der Waals surface area contributed by atoms with Gasteiger partial charge in [-0.1, -0.05) is 6.08 Å². The number of halogens is 2. The Bertz CT molecular complexity index is 436. The molecular formula is C15H22ClFN2O. The average molecular weight is 301 g/mol. The van der Waals surface area contributed by atoms with Gasteiger partial charge in [-0.15, -0.1) is 19.0 Å². The Balaban J connectivity index is 0.00000200. The first-order valence-corrected chi connectivity index (χ1v) is 6.65. The molecule has 0 radical (unpaired) electrons. The maximum Gasteiger partial charge on any atom is 0.123 e. The third-order valence-electron chi connectivity index (χ3n) is 3.53. The number of ether oxygens (including phenoxy) is 1. The lowest BCUT2D eigenvalue weighted by atomic mass is 10.00. The zero-order chi connectivity index (χ0) is 13.7. The maximum atomic E-state index is 13.5. The number of hydrogen-bond donors (Lipinski definition) is 1. The van der Waals surface area contributed by atoms with E-state index in [1.165, 1.54) is 6.07 Å². The SMILES string of the molecule is C=CC[C@H](c1cc(F)ccc1OC)N1CCNCC1.Cl. The predicted octanol–water partition coefficient (Wildman–Crippen LogP) is 2.78. The predicted molar refractivity (Wildman–Crippen MR) is 82.2 cm³/mol. The monoisotopic (exact) mass is 300 g/mol. The van der Waals surface area contributed by atoms with Gasteiger partial charge in [-0.3, -0.25) is 4.90 Å². The zero-order valence-electron chi connectivity index (χ0n) is 11.8. The quantitative estimate of drug-likeness (QED) is 0.846. The van der Waals surface area contributed by atoms with Crippen LogP contribution in [-0.4, -0.2) is 38.2 Å². The molecule has 3 nitrogen and oxygen atoms in total. The van der Waals surface area contributed by atoms with Crippen molar-refractivity contribution in [3.8, 4) is 5.75 Å². The molecule has 1 aromatic rings. The van der Waals surface area contributed by atoms with E-state index in [0.717, 1.165) is 43.9 Å². The van der Waals surface area contributed by atoms with Gasteiger partial charge in [0.1, 0.15) is 11.6 Å². The van der Waals surface area contributed by atoms with Crippen molar-refractivity contribution in [2.75, 3.05) is 33.3 Å². The molecule has 112 valence electrons. The van der Waals surface area contributed by atoms with Crippen LogP contribution in [0.5, 0.6) is 5.75 Å². The molecule has 1 saturated heterocycles. The van der Waals surface area contributed by atoms with Crippen LogP contribution in [0.4, 0.5) is 4.39 Å². The lowest BCUT2D eigenvalue weighted by Gasteiger charge is -2.35. The molecule has 5 heteroatoms. The summed E-state index contributed by atoms with van der Waals surface area (Å²) < 4.78 is 18.9. The number of benzene rings is 1. The molecule has 0 bridgehead atoms. The van der Waals surface area contributed by atoms with Crippen molar-refractivity contribution < 1.29 is 9.13 Å². The van der Waals surface area contributed by atoms with E-state index >= 15 is 0 Å². The summed E-state index contributed by atoms with van der Waals surface area (Å²) in [5.41, 5.74) is 0.907. The third kappa shape index (κ3) is 3.95. The van der Waals surface area contributed by atoms with Gasteiger partial charge >= 0.3 is 0 Å². The minimum absolute atomic E-state index is 0. The fourth-order valence-electron chi connectivity index (χ4n) is 2.59. The summed E-state index contributed by atoms with van der Waals surface area (Å²) in [7, 11) is 1.62. The Morgan fingerprint density at radius 2 is 2.15 bits per heavy atom. The smallest absolute Gasteiger partial charge is 0.123 e. The molecule has 1 aromatic carbocycles. The van der Waals surface area contributed by atoms with Crippen molar-refractivity contribution in [1.82, 2.24) is 10.2 Å². The van der Waals surface area contributed by atoms with Crippen LogP contribution >= 0.6 is 12.4 Å². The normalized spacial score (nSPS) is 17.1. The minimum Gasteiger partial charge on any atom is -0.496 e. The summed E-state index contributed by atoms with van der Waals surface area (Å²) in [6.45, 7) is 7.66. The van der Waals surface area contributed by atoms with Gasteiger partial charge in [-0.25, -0.2) is 4.39 Å². The average Bonchev–Trinajstić information content (AvgIpc) is 2.45. The van der Waals surface area contributed by atoms with Crippen LogP contribution in [0.2, 0.25) is 0 Å². The van der Waals surface area contributed by atoms with Crippen LogP contribution in [0, 0.1) is 5.82 Å². The highest BCUT2D eigenvalue weighted by Crippen LogP contribution is 2.32. The first-order valence-electron chi connectivity index (χ1n) is 6.65. The van der Waals surface area contributed by atoms with Gasteiger partial charge in [-0.2, -0.15) is 0 Å². The molecule has 0 unspecified atom stereocenters. The molecular weight excluding hydrogens is 279 g/mol. The molecule has 2 rings (SSSR count). The van der Waals surface area contributed by atoms with E-state index in [0.29, 0.717) is 0 Å². The number of piperazine rings is 1. The standard InChI is InChI=1S/C15H21FN2O.ClH/c1-3-4-14(18-9-7-17-8-10-18)13-11-12(16)5-6-15(13)19-2;/h3,5-6,11,14,17H,1,4,7-10H2,2H3;1H/t14-;/m1./s1. The number of nitrogens with zero attached hydrogens (tertiary/aromatic N) is 1. The fourth-order valence-corrected chi connectivity index (χ4v) is 2.59. The van der Waals surface area contributed by atoms with E-state index in [4.69, 9.17) is 4.74 Å². The van der Waals surface area contributed by atoms with Gasteiger partial charge in [-0.05, 0) is 24.6 Å². The number of rotatable bonds is 5. The molecule has 20 heavy (non-hydrogen) atoms. The number of hydrogen-bond acceptors (Lipinski definition) is 3. The van der Waals surface area contributed by atoms with Crippen molar-refractivity contribution in [1.29, 1.82) is 0 Å². The van der Waals surface area contributed by atoms with Crippen molar-refractivity contribution in [3.05, 3.63) is 42.2 Å². The fraction of sp³-hybridized carbons (Fsp3) is 0.467. The molecule has 1 heterocycles. The summed E-state index contributed by atoms with van der Waals surface area (Å²) in [5.74, 6) is 0.520. The van der Waals surface area contributed by atoms with Crippen LogP contribution in [-0.2, 0) is 0 Å². The maximum absolute atomic E-state index is 13.5. The summed E-state index contributed by atoms with van der Waals surface area (Å²) in [4.78, 5) is 2.36. The van der Waals surface area contributed by atoms with E-state index in [9.17, 15) is 4.39 Å². The number of methoxy groups -OCH3 is 1. The Labute approximate surface area is 126 Å². The van der Waals surface area contributed by atoms with Gasteiger partial charge < -0.3 is 10.1 Å². The Morgan fingerprint density at radius 1 is 1.45 bits per heavy atom. The molecule has 0 saturated carbocycles. The van der Waals surface area contributed by atoms with Crippen LogP contribution in [0.3, 0.4) is 0 Å². The van der Waals surface area contributed by atoms with Gasteiger partial charge in [0, 0.05) is 37.8 Å². The highest BCUT2D eigenvalue weighted by molar-refractivity contribution is 5.85. The van der Waals surface area contributed by atoms with E-state index in [-0.39, 0.29) is 24.3 Å². The van der Waals surface area contributed by atoms with E-state index < -0.39 is 0 Å². The summed E-state index contributed by atoms with van der Waals surface area (Å²) in [5, 5.41) is 3.33. The summed E-state index contributed by atoms with van der Waals surface area (Å²) >= 11 is 0. The lowest BCUT2D eigenvalue weighted by molar-refractivity contribution is 0.171. The second-order valence-electron chi connectivity index (χ2n) is 4.71. The van der Waals surface area contributed by atoms with Crippen LogP contribution in [0.25, 0.3) is 0 Å². The highest BCUT2D eigenvalue weighted by atomic mass is 35.5. The molecule has 1 fully saturated rings. The third-order valence-corrected chi connectivity index (χ3v) is 3.53. The Morgan fingerprint density at radius 3 is 2.75 bits per heavy atom. The van der Waals surface area contributed by atoms with Crippen molar-refractivity contribution in [2.24, 2.45) is 0 Å². The molecule has 1 aliphatic heterocycles.